The first-order chi connectivity index (χ1) is 14.1. The highest BCUT2D eigenvalue weighted by Gasteiger charge is 2.26. The summed E-state index contributed by atoms with van der Waals surface area (Å²) in [5.41, 5.74) is 1.54. The SMILES string of the molecule is Cc1ccc(SCCC(=O)N(CC2CCCO2)c2nc3c(F)cccc3s2)cc1. The maximum Gasteiger partial charge on any atom is 0.229 e. The standard InChI is InChI=1S/C22H23FN2O2S2/c1-15-7-9-17(10-8-15)28-13-11-20(26)25(14-16-4-3-12-27-16)22-24-21-18(23)5-2-6-19(21)29-22/h2,5-10,16H,3-4,11-14H2,1H3. The number of nitrogens with zero attached hydrogens (tertiary/aromatic N) is 2. The van der Waals surface area contributed by atoms with E-state index in [0.29, 0.717) is 29.4 Å². The van der Waals surface area contributed by atoms with E-state index in [2.05, 4.69) is 36.2 Å². The molecule has 0 aliphatic carbocycles. The van der Waals surface area contributed by atoms with E-state index in [0.717, 1.165) is 29.0 Å². The van der Waals surface area contributed by atoms with Gasteiger partial charge in [0, 0.05) is 23.7 Å². The molecule has 4 nitrogen and oxygen atoms in total. The highest BCUT2D eigenvalue weighted by atomic mass is 32.2. The summed E-state index contributed by atoms with van der Waals surface area (Å²) in [6.45, 7) is 3.25. The molecule has 0 radical (unpaired) electrons. The minimum Gasteiger partial charge on any atom is -0.376 e. The first-order valence-corrected chi connectivity index (χ1v) is 11.6. The molecule has 0 N–H and O–H groups in total. The average molecular weight is 431 g/mol. The van der Waals surface area contributed by atoms with Gasteiger partial charge >= 0.3 is 0 Å². The average Bonchev–Trinajstić information content (AvgIpc) is 3.37. The second-order valence-corrected chi connectivity index (χ2v) is 9.31. The summed E-state index contributed by atoms with van der Waals surface area (Å²) in [5.74, 6) is 0.326. The Labute approximate surface area is 178 Å². The lowest BCUT2D eigenvalue weighted by atomic mass is 10.2. The lowest BCUT2D eigenvalue weighted by Crippen LogP contribution is -2.37. The molecular formula is C22H23FN2O2S2. The van der Waals surface area contributed by atoms with Crippen LogP contribution in [0.3, 0.4) is 0 Å². The first-order valence-electron chi connectivity index (χ1n) is 9.76. The molecule has 1 saturated heterocycles. The lowest BCUT2D eigenvalue weighted by Gasteiger charge is -2.23. The number of anilines is 1. The summed E-state index contributed by atoms with van der Waals surface area (Å²) in [6.07, 6.45) is 2.34. The zero-order valence-electron chi connectivity index (χ0n) is 16.3. The molecule has 1 fully saturated rings. The van der Waals surface area contributed by atoms with E-state index in [-0.39, 0.29) is 17.8 Å². The minimum absolute atomic E-state index is 0.000393. The molecule has 1 aromatic heterocycles. The Morgan fingerprint density at radius 1 is 1.31 bits per heavy atom. The fraction of sp³-hybridized carbons (Fsp3) is 0.364. The van der Waals surface area contributed by atoms with Crippen molar-refractivity contribution < 1.29 is 13.9 Å². The minimum atomic E-state index is -0.357. The largest absolute Gasteiger partial charge is 0.376 e. The molecule has 1 unspecified atom stereocenters. The van der Waals surface area contributed by atoms with Crippen molar-refractivity contribution >= 4 is 44.4 Å². The number of thiazole rings is 1. The molecule has 1 aliphatic heterocycles. The van der Waals surface area contributed by atoms with Crippen molar-refractivity contribution in [1.82, 2.24) is 4.98 Å². The highest BCUT2D eigenvalue weighted by molar-refractivity contribution is 7.99. The molecule has 1 amide bonds. The van der Waals surface area contributed by atoms with Gasteiger partial charge in [-0.2, -0.15) is 0 Å². The monoisotopic (exact) mass is 430 g/mol. The third-order valence-electron chi connectivity index (χ3n) is 4.91. The van der Waals surface area contributed by atoms with Crippen molar-refractivity contribution in [3.8, 4) is 0 Å². The van der Waals surface area contributed by atoms with Crippen molar-refractivity contribution in [2.75, 3.05) is 23.8 Å². The number of ether oxygens (including phenoxy) is 1. The maximum absolute atomic E-state index is 14.1. The third-order valence-corrected chi connectivity index (χ3v) is 6.96. The number of carbonyl (C=O) groups excluding carboxylic acids is 1. The summed E-state index contributed by atoms with van der Waals surface area (Å²) in [7, 11) is 0. The van der Waals surface area contributed by atoms with Gasteiger partial charge in [-0.1, -0.05) is 35.1 Å². The molecule has 7 heteroatoms. The van der Waals surface area contributed by atoms with E-state index in [9.17, 15) is 9.18 Å². The Hall–Kier alpha value is -1.96. The van der Waals surface area contributed by atoms with Crippen LogP contribution < -0.4 is 4.90 Å². The summed E-state index contributed by atoms with van der Waals surface area (Å²) in [5, 5.41) is 0.547. The number of rotatable bonds is 7. The van der Waals surface area contributed by atoms with Gasteiger partial charge in [-0.25, -0.2) is 9.37 Å². The molecular weight excluding hydrogens is 407 g/mol. The molecule has 2 aromatic carbocycles. The Morgan fingerprint density at radius 3 is 2.86 bits per heavy atom. The van der Waals surface area contributed by atoms with E-state index >= 15 is 0 Å². The summed E-state index contributed by atoms with van der Waals surface area (Å²) >= 11 is 3.02. The maximum atomic E-state index is 14.1. The summed E-state index contributed by atoms with van der Waals surface area (Å²) in [6, 6.07) is 13.2. The summed E-state index contributed by atoms with van der Waals surface area (Å²) < 4.78 is 20.6. The van der Waals surface area contributed by atoms with Crippen molar-refractivity contribution in [1.29, 1.82) is 0 Å². The van der Waals surface area contributed by atoms with Gasteiger partial charge in [-0.05, 0) is 44.0 Å². The van der Waals surface area contributed by atoms with E-state index < -0.39 is 0 Å². The fourth-order valence-corrected chi connectivity index (χ4v) is 5.17. The van der Waals surface area contributed by atoms with Crippen molar-refractivity contribution in [3.05, 3.63) is 53.8 Å². The van der Waals surface area contributed by atoms with Gasteiger partial charge in [-0.3, -0.25) is 9.69 Å². The Kier molecular flexibility index (Phi) is 6.47. The van der Waals surface area contributed by atoms with Crippen LogP contribution in [0.2, 0.25) is 0 Å². The van der Waals surface area contributed by atoms with Crippen LogP contribution in [0.15, 0.2) is 47.4 Å². The molecule has 2 heterocycles. The predicted molar refractivity (Wildman–Crippen MR) is 117 cm³/mol. The van der Waals surface area contributed by atoms with E-state index in [1.165, 1.54) is 23.0 Å². The first kappa shape index (κ1) is 20.3. The van der Waals surface area contributed by atoms with E-state index in [1.807, 2.05) is 6.07 Å². The topological polar surface area (TPSA) is 42.4 Å². The smallest absolute Gasteiger partial charge is 0.229 e. The second kappa shape index (κ2) is 9.24. The van der Waals surface area contributed by atoms with Gasteiger partial charge in [0.25, 0.3) is 0 Å². The molecule has 0 saturated carbocycles. The van der Waals surface area contributed by atoms with Crippen LogP contribution in [0.25, 0.3) is 10.2 Å². The number of amides is 1. The number of benzene rings is 2. The van der Waals surface area contributed by atoms with Gasteiger partial charge in [0.05, 0.1) is 17.3 Å². The zero-order valence-corrected chi connectivity index (χ0v) is 17.9. The number of hydrogen-bond donors (Lipinski definition) is 0. The van der Waals surface area contributed by atoms with Crippen LogP contribution >= 0.6 is 23.1 Å². The number of carbonyl (C=O) groups is 1. The molecule has 1 aliphatic rings. The number of halogens is 1. The Bertz CT molecular complexity index is 984. The Balaban J connectivity index is 1.48. The lowest BCUT2D eigenvalue weighted by molar-refractivity contribution is -0.118. The normalized spacial score (nSPS) is 16.4. The molecule has 0 bridgehead atoms. The molecule has 0 spiro atoms. The number of hydrogen-bond acceptors (Lipinski definition) is 5. The van der Waals surface area contributed by atoms with Gasteiger partial charge in [0.2, 0.25) is 5.91 Å². The van der Waals surface area contributed by atoms with Crippen LogP contribution in [-0.2, 0) is 9.53 Å². The second-order valence-electron chi connectivity index (χ2n) is 7.13. The molecule has 152 valence electrons. The quantitative estimate of drug-likeness (QED) is 0.468. The number of aryl methyl sites for hydroxylation is 1. The predicted octanol–water partition coefficient (Wildman–Crippen LogP) is 5.44. The van der Waals surface area contributed by atoms with Crippen molar-refractivity contribution in [2.24, 2.45) is 0 Å². The van der Waals surface area contributed by atoms with Crippen LogP contribution in [-0.4, -0.2) is 35.9 Å². The van der Waals surface area contributed by atoms with Gasteiger partial charge < -0.3 is 4.74 Å². The van der Waals surface area contributed by atoms with E-state index in [4.69, 9.17) is 4.74 Å². The van der Waals surface area contributed by atoms with E-state index in [1.54, 1.807) is 22.7 Å². The number of fused-ring (bicyclic) bond motifs is 1. The van der Waals surface area contributed by atoms with Crippen LogP contribution in [0.1, 0.15) is 24.8 Å². The fourth-order valence-electron chi connectivity index (χ4n) is 3.32. The zero-order chi connectivity index (χ0) is 20.2. The van der Waals surface area contributed by atoms with Crippen LogP contribution in [0.5, 0.6) is 0 Å². The van der Waals surface area contributed by atoms with Crippen molar-refractivity contribution in [3.63, 3.8) is 0 Å². The molecule has 29 heavy (non-hydrogen) atoms. The van der Waals surface area contributed by atoms with Crippen LogP contribution in [0, 0.1) is 12.7 Å². The molecule has 1 atom stereocenters. The van der Waals surface area contributed by atoms with Gasteiger partial charge in [0.15, 0.2) is 5.13 Å². The number of thioether (sulfide) groups is 1. The molecule has 3 aromatic rings. The van der Waals surface area contributed by atoms with Crippen molar-refractivity contribution in [2.45, 2.75) is 37.2 Å². The van der Waals surface area contributed by atoms with Gasteiger partial charge in [-0.15, -0.1) is 11.8 Å². The van der Waals surface area contributed by atoms with Gasteiger partial charge in [0.1, 0.15) is 11.3 Å². The number of para-hydroxylation sites is 1. The third kappa shape index (κ3) is 4.97. The number of aromatic nitrogens is 1. The Morgan fingerprint density at radius 2 is 2.14 bits per heavy atom. The molecule has 4 rings (SSSR count). The highest BCUT2D eigenvalue weighted by Crippen LogP contribution is 2.32. The summed E-state index contributed by atoms with van der Waals surface area (Å²) in [4.78, 5) is 20.3. The van der Waals surface area contributed by atoms with Crippen LogP contribution in [0.4, 0.5) is 9.52 Å².